The number of halogens is 1. The van der Waals surface area contributed by atoms with Gasteiger partial charge in [0.05, 0.1) is 5.69 Å². The molecule has 1 aromatic heterocycles. The molecule has 55 valence electrons. The summed E-state index contributed by atoms with van der Waals surface area (Å²) in [6.45, 7) is 2.01. The first-order valence-electron chi connectivity index (χ1n) is 3.34. The van der Waals surface area contributed by atoms with Crippen molar-refractivity contribution in [3.63, 3.8) is 0 Å². The Hall–Kier alpha value is -0.860. The number of hydrogen-bond donors (Lipinski definition) is 0. The third kappa shape index (κ3) is 1.17. The Kier molecular flexibility index (Phi) is 2.04. The van der Waals surface area contributed by atoms with Crippen LogP contribution in [0.15, 0.2) is 0 Å². The van der Waals surface area contributed by atoms with E-state index in [4.69, 9.17) is 0 Å². The molecule has 0 amide bonds. The van der Waals surface area contributed by atoms with E-state index in [0.717, 1.165) is 12.8 Å². The molecule has 0 bridgehead atoms. The van der Waals surface area contributed by atoms with E-state index in [1.54, 1.807) is 7.05 Å². The van der Waals surface area contributed by atoms with E-state index in [1.807, 2.05) is 6.92 Å². The van der Waals surface area contributed by atoms with E-state index >= 15 is 0 Å². The van der Waals surface area contributed by atoms with Crippen molar-refractivity contribution in [2.45, 2.75) is 19.8 Å². The number of hydrogen-bond acceptors (Lipinski definition) is 1. The van der Waals surface area contributed by atoms with E-state index in [9.17, 15) is 4.39 Å². The molecule has 1 aromatic rings. The van der Waals surface area contributed by atoms with Crippen molar-refractivity contribution >= 4 is 0 Å². The number of nitrogens with zero attached hydrogens (tertiary/aromatic N) is 2. The molecule has 1 heterocycles. The van der Waals surface area contributed by atoms with Crippen LogP contribution in [0, 0.1) is 12.0 Å². The second-order valence-corrected chi connectivity index (χ2v) is 2.25. The second-order valence-electron chi connectivity index (χ2n) is 2.25. The van der Waals surface area contributed by atoms with Crippen molar-refractivity contribution in [1.82, 2.24) is 9.78 Å². The maximum atomic E-state index is 12.7. The summed E-state index contributed by atoms with van der Waals surface area (Å²) in [6, 6.07) is 0. The molecule has 3 heteroatoms. The molecule has 0 spiro atoms. The largest absolute Gasteiger partial charge is 0.269 e. The Labute approximate surface area is 59.7 Å². The molecule has 0 unspecified atom stereocenters. The van der Waals surface area contributed by atoms with E-state index < -0.39 is 0 Å². The highest BCUT2D eigenvalue weighted by Crippen LogP contribution is 2.05. The Morgan fingerprint density at radius 1 is 1.70 bits per heavy atom. The van der Waals surface area contributed by atoms with E-state index in [1.165, 1.54) is 4.68 Å². The van der Waals surface area contributed by atoms with Gasteiger partial charge in [-0.2, -0.15) is 5.10 Å². The first kappa shape index (κ1) is 7.25. The fourth-order valence-electron chi connectivity index (χ4n) is 0.894. The Morgan fingerprint density at radius 2 is 2.40 bits per heavy atom. The van der Waals surface area contributed by atoms with Crippen LogP contribution in [0.1, 0.15) is 19.0 Å². The molecule has 0 fully saturated rings. The monoisotopic (exact) mass is 141 g/mol. The number of aryl methyl sites for hydroxylation is 1. The smallest absolute Gasteiger partial charge is 0.174 e. The Bertz CT molecular complexity index is 198. The van der Waals surface area contributed by atoms with Crippen LogP contribution < -0.4 is 0 Å². The molecule has 0 aliphatic heterocycles. The highest BCUT2D eigenvalue weighted by Gasteiger charge is 2.05. The van der Waals surface area contributed by atoms with Crippen LogP contribution in [0.2, 0.25) is 0 Å². The lowest BCUT2D eigenvalue weighted by molar-refractivity contribution is 0.591. The van der Waals surface area contributed by atoms with Crippen LogP contribution in [-0.2, 0) is 13.5 Å². The van der Waals surface area contributed by atoms with Gasteiger partial charge < -0.3 is 0 Å². The predicted octanol–water partition coefficient (Wildman–Crippen LogP) is 1.31. The van der Waals surface area contributed by atoms with Gasteiger partial charge in [-0.15, -0.1) is 0 Å². The zero-order chi connectivity index (χ0) is 7.56. The molecule has 0 saturated carbocycles. The minimum atomic E-state index is -0.315. The van der Waals surface area contributed by atoms with Crippen LogP contribution in [0.3, 0.4) is 0 Å². The van der Waals surface area contributed by atoms with Gasteiger partial charge in [0.2, 0.25) is 0 Å². The first-order chi connectivity index (χ1) is 4.75. The molecular weight excluding hydrogens is 131 g/mol. The quantitative estimate of drug-likeness (QED) is 0.607. The van der Waals surface area contributed by atoms with Gasteiger partial charge in [0.25, 0.3) is 0 Å². The van der Waals surface area contributed by atoms with Crippen molar-refractivity contribution in [3.05, 3.63) is 17.7 Å². The average molecular weight is 141 g/mol. The summed E-state index contributed by atoms with van der Waals surface area (Å²) < 4.78 is 14.2. The summed E-state index contributed by atoms with van der Waals surface area (Å²) in [5.41, 5.74) is 0.641. The minimum Gasteiger partial charge on any atom is -0.269 e. The summed E-state index contributed by atoms with van der Waals surface area (Å²) in [6.07, 6.45) is 3.94. The molecule has 1 rings (SSSR count). The third-order valence-corrected chi connectivity index (χ3v) is 1.43. The summed E-state index contributed by atoms with van der Waals surface area (Å²) in [5, 5.41) is 3.65. The third-order valence-electron chi connectivity index (χ3n) is 1.43. The molecule has 0 saturated heterocycles. The van der Waals surface area contributed by atoms with E-state index in [0.29, 0.717) is 5.69 Å². The fraction of sp³-hybridized carbons (Fsp3) is 0.571. The van der Waals surface area contributed by atoms with Gasteiger partial charge in [0.1, 0.15) is 0 Å². The summed E-state index contributed by atoms with van der Waals surface area (Å²) >= 11 is 0. The number of aromatic nitrogens is 2. The lowest BCUT2D eigenvalue weighted by Gasteiger charge is -1.97. The maximum Gasteiger partial charge on any atom is 0.174 e. The van der Waals surface area contributed by atoms with Crippen LogP contribution in [0.25, 0.3) is 0 Å². The lowest BCUT2D eigenvalue weighted by atomic mass is 10.2. The highest BCUT2D eigenvalue weighted by atomic mass is 19.1. The highest BCUT2D eigenvalue weighted by molar-refractivity contribution is 5.02. The van der Waals surface area contributed by atoms with Crippen molar-refractivity contribution in [2.24, 2.45) is 7.05 Å². The van der Waals surface area contributed by atoms with Crippen LogP contribution >= 0.6 is 0 Å². The number of rotatable bonds is 2. The molecule has 2 nitrogen and oxygen atoms in total. The maximum absolute atomic E-state index is 12.7. The second kappa shape index (κ2) is 2.82. The van der Waals surface area contributed by atoms with Crippen LogP contribution in [0.4, 0.5) is 4.39 Å². The van der Waals surface area contributed by atoms with Gasteiger partial charge in [-0.1, -0.05) is 13.3 Å². The fourth-order valence-corrected chi connectivity index (χ4v) is 0.894. The first-order valence-corrected chi connectivity index (χ1v) is 3.34. The normalized spacial score (nSPS) is 10.3. The van der Waals surface area contributed by atoms with E-state index in [2.05, 4.69) is 11.3 Å². The van der Waals surface area contributed by atoms with Crippen molar-refractivity contribution in [3.8, 4) is 0 Å². The van der Waals surface area contributed by atoms with Crippen LogP contribution in [0.5, 0.6) is 0 Å². The molecule has 1 radical (unpaired) electrons. The topological polar surface area (TPSA) is 17.8 Å². The Morgan fingerprint density at radius 3 is 2.80 bits per heavy atom. The minimum absolute atomic E-state index is 0.315. The van der Waals surface area contributed by atoms with Crippen LogP contribution in [-0.4, -0.2) is 9.78 Å². The SMILES string of the molecule is CCCc1c(F)[c]nn1C. The lowest BCUT2D eigenvalue weighted by Crippen LogP contribution is -1.98. The van der Waals surface area contributed by atoms with Crippen molar-refractivity contribution < 1.29 is 4.39 Å². The van der Waals surface area contributed by atoms with E-state index in [-0.39, 0.29) is 5.82 Å². The zero-order valence-electron chi connectivity index (χ0n) is 6.19. The van der Waals surface area contributed by atoms with Crippen molar-refractivity contribution in [1.29, 1.82) is 0 Å². The zero-order valence-corrected chi connectivity index (χ0v) is 6.19. The van der Waals surface area contributed by atoms with Gasteiger partial charge in [0, 0.05) is 7.05 Å². The van der Waals surface area contributed by atoms with Gasteiger partial charge in [-0.25, -0.2) is 4.39 Å². The van der Waals surface area contributed by atoms with Gasteiger partial charge in [-0.3, -0.25) is 4.68 Å². The van der Waals surface area contributed by atoms with Gasteiger partial charge in [-0.05, 0) is 6.42 Å². The molecule has 0 aliphatic rings. The summed E-state index contributed by atoms with van der Waals surface area (Å²) in [4.78, 5) is 0. The molecule has 0 atom stereocenters. The average Bonchev–Trinajstić information content (AvgIpc) is 2.20. The Balaban J connectivity index is 2.87. The predicted molar refractivity (Wildman–Crippen MR) is 36.0 cm³/mol. The summed E-state index contributed by atoms with van der Waals surface area (Å²) in [5.74, 6) is -0.315. The summed E-state index contributed by atoms with van der Waals surface area (Å²) in [7, 11) is 1.73. The molecule has 10 heavy (non-hydrogen) atoms. The molecule has 0 aromatic carbocycles. The van der Waals surface area contributed by atoms with Gasteiger partial charge >= 0.3 is 0 Å². The molecule has 0 aliphatic carbocycles. The van der Waals surface area contributed by atoms with Gasteiger partial charge in [0.15, 0.2) is 12.0 Å². The molecule has 0 N–H and O–H groups in total. The molecular formula is C7H10FN2. The standard InChI is InChI=1S/C7H10FN2/c1-3-4-7-6(8)5-9-10(7)2/h3-4H2,1-2H3. The van der Waals surface area contributed by atoms with Crippen molar-refractivity contribution in [2.75, 3.05) is 0 Å².